The molecule has 0 fully saturated rings. The van der Waals surface area contributed by atoms with Crippen LogP contribution in [0.2, 0.25) is 0 Å². The minimum atomic E-state index is 0. The van der Waals surface area contributed by atoms with Crippen molar-refractivity contribution in [1.82, 2.24) is 0 Å². The fourth-order valence-corrected chi connectivity index (χ4v) is 3.92. The molecule has 0 N–H and O–H groups in total. The molecule has 0 atom stereocenters. The van der Waals surface area contributed by atoms with Crippen molar-refractivity contribution in [2.75, 3.05) is 34.1 Å². The van der Waals surface area contributed by atoms with Gasteiger partial charge in [-0.25, -0.2) is 0 Å². The lowest BCUT2D eigenvalue weighted by Gasteiger charge is -2.00. The van der Waals surface area contributed by atoms with Crippen molar-refractivity contribution in [3.63, 3.8) is 0 Å². The van der Waals surface area contributed by atoms with Crippen LogP contribution in [0.15, 0.2) is 60.7 Å². The van der Waals surface area contributed by atoms with E-state index >= 15 is 0 Å². The molecule has 2 rings (SSSR count). The molecule has 2 aromatic carbocycles. The summed E-state index contributed by atoms with van der Waals surface area (Å²) in [6.07, 6.45) is 2.18. The molecule has 0 bridgehead atoms. The minimum Gasteiger partial charge on any atom is -0.293 e. The molecule has 0 spiro atoms. The maximum absolute atomic E-state index is 11.6. The summed E-state index contributed by atoms with van der Waals surface area (Å²) in [6, 6.07) is 18.7. The highest BCUT2D eigenvalue weighted by molar-refractivity contribution is 9.09. The van der Waals surface area contributed by atoms with E-state index in [9.17, 15) is 9.59 Å². The third kappa shape index (κ3) is 17.8. The van der Waals surface area contributed by atoms with Crippen LogP contribution in [0.1, 0.15) is 33.6 Å². The first-order valence-corrected chi connectivity index (χ1v) is 13.4. The van der Waals surface area contributed by atoms with Crippen LogP contribution in [0, 0.1) is 0 Å². The Morgan fingerprint density at radius 3 is 1.53 bits per heavy atom. The van der Waals surface area contributed by atoms with E-state index in [1.54, 1.807) is 11.8 Å². The zero-order valence-corrected chi connectivity index (χ0v) is 23.6. The number of hydrogen-bond donors (Lipinski definition) is 3. The summed E-state index contributed by atoms with van der Waals surface area (Å²) < 4.78 is 0. The first kappa shape index (κ1) is 32.3. The number of rotatable bonds is 10. The van der Waals surface area contributed by atoms with Crippen molar-refractivity contribution in [1.29, 1.82) is 0 Å². The molecule has 168 valence electrons. The van der Waals surface area contributed by atoms with Gasteiger partial charge in [-0.2, -0.15) is 49.6 Å². The number of ketones is 2. The second kappa shape index (κ2) is 23.8. The lowest BCUT2D eigenvalue weighted by Crippen LogP contribution is -2.02. The topological polar surface area (TPSA) is 34.1 Å². The molecule has 0 aliphatic heterocycles. The highest BCUT2D eigenvalue weighted by Gasteiger charge is 2.03. The van der Waals surface area contributed by atoms with Gasteiger partial charge in [-0.05, 0) is 35.9 Å². The van der Waals surface area contributed by atoms with E-state index in [4.69, 9.17) is 0 Å². The fraction of sp³-hybridized carbons (Fsp3) is 0.364. The molecular weight excluding hydrogens is 584 g/mol. The molecule has 0 aromatic heterocycles. The van der Waals surface area contributed by atoms with Crippen LogP contribution in [-0.2, 0) is 0 Å². The van der Waals surface area contributed by atoms with Gasteiger partial charge >= 0.3 is 0 Å². The number of thiol groups is 3. The Labute approximate surface area is 220 Å². The maximum Gasteiger partial charge on any atom is 0.173 e. The molecule has 8 heteroatoms. The van der Waals surface area contributed by atoms with Gasteiger partial charge < -0.3 is 0 Å². The first-order chi connectivity index (χ1) is 14.1. The van der Waals surface area contributed by atoms with Crippen molar-refractivity contribution in [3.05, 3.63) is 71.8 Å². The molecule has 30 heavy (non-hydrogen) atoms. The van der Waals surface area contributed by atoms with E-state index in [2.05, 4.69) is 53.8 Å². The lowest BCUT2D eigenvalue weighted by molar-refractivity contribution is 0.101. The molecule has 0 aliphatic rings. The quantitative estimate of drug-likeness (QED) is 0.117. The van der Waals surface area contributed by atoms with Crippen molar-refractivity contribution < 1.29 is 9.59 Å². The van der Waals surface area contributed by atoms with Crippen LogP contribution in [0.5, 0.6) is 0 Å². The van der Waals surface area contributed by atoms with Crippen LogP contribution in [0.25, 0.3) is 0 Å². The van der Waals surface area contributed by atoms with E-state index in [0.29, 0.717) is 11.1 Å². The van der Waals surface area contributed by atoms with Gasteiger partial charge in [0.15, 0.2) is 11.6 Å². The van der Waals surface area contributed by atoms with Crippen LogP contribution < -0.4 is 0 Å². The Balaban J connectivity index is 0. The van der Waals surface area contributed by atoms with Gasteiger partial charge in [0.25, 0.3) is 0 Å². The van der Waals surface area contributed by atoms with Crippen LogP contribution in [-0.4, -0.2) is 45.7 Å². The van der Waals surface area contributed by atoms with Crippen molar-refractivity contribution in [2.45, 2.75) is 12.8 Å². The summed E-state index contributed by atoms with van der Waals surface area (Å²) in [7, 11) is 0. The molecule has 2 aromatic rings. The number of benzene rings is 2. The molecular formula is C22H30Br2O2S4. The second-order valence-corrected chi connectivity index (χ2v) is 8.65. The minimum absolute atomic E-state index is 0. The normalized spacial score (nSPS) is 9.20. The average Bonchev–Trinajstić information content (AvgIpc) is 2.78. The van der Waals surface area contributed by atoms with E-state index in [-0.39, 0.29) is 28.5 Å². The zero-order chi connectivity index (χ0) is 21.7. The van der Waals surface area contributed by atoms with Gasteiger partial charge in [-0.3, -0.25) is 9.59 Å². The molecule has 2 nitrogen and oxygen atoms in total. The van der Waals surface area contributed by atoms with Gasteiger partial charge in [0.2, 0.25) is 0 Å². The van der Waals surface area contributed by atoms with Gasteiger partial charge in [0, 0.05) is 11.1 Å². The first-order valence-electron chi connectivity index (χ1n) is 9.23. The Kier molecular flexibility index (Phi) is 25.6. The summed E-state index contributed by atoms with van der Waals surface area (Å²) in [5.74, 6) is 4.76. The smallest absolute Gasteiger partial charge is 0.173 e. The number of carbonyl (C=O) groups excluding carboxylic acids is 2. The predicted octanol–water partition coefficient (Wildman–Crippen LogP) is 7.00. The Morgan fingerprint density at radius 1 is 0.733 bits per heavy atom. The molecule has 0 saturated carbocycles. The standard InChI is InChI=1S/C11H14OS2.C8H7BrO.C3H8S2.BrH/c12-11(9-14-8-4-7-13)10-5-2-1-3-6-10;9-6-8(10)7-4-2-1-3-5-7;4-2-1-3-5;/h1-3,5-6,13H,4,7-9H2;1-5H,6H2;4-5H,1-3H2;1H. The summed E-state index contributed by atoms with van der Waals surface area (Å²) in [6.45, 7) is 0. The van der Waals surface area contributed by atoms with E-state index in [1.807, 2.05) is 60.7 Å². The Hall–Kier alpha value is 0.140. The van der Waals surface area contributed by atoms with Crippen LogP contribution in [0.3, 0.4) is 0 Å². The van der Waals surface area contributed by atoms with Gasteiger partial charge in [0.1, 0.15) is 0 Å². The van der Waals surface area contributed by atoms with Crippen LogP contribution in [0.4, 0.5) is 0 Å². The highest BCUT2D eigenvalue weighted by Crippen LogP contribution is 2.08. The lowest BCUT2D eigenvalue weighted by atomic mass is 10.2. The number of alkyl halides is 1. The van der Waals surface area contributed by atoms with Gasteiger partial charge in [-0.1, -0.05) is 76.6 Å². The maximum atomic E-state index is 11.6. The average molecular weight is 615 g/mol. The molecule has 0 aliphatic carbocycles. The third-order valence-electron chi connectivity index (χ3n) is 3.31. The molecule has 0 unspecified atom stereocenters. The van der Waals surface area contributed by atoms with Crippen LogP contribution >= 0.6 is 82.6 Å². The van der Waals surface area contributed by atoms with E-state index in [1.165, 1.54) is 0 Å². The number of carbonyl (C=O) groups is 2. The molecule has 0 saturated heterocycles. The Bertz CT molecular complexity index is 657. The van der Waals surface area contributed by atoms with Gasteiger partial charge in [-0.15, -0.1) is 17.0 Å². The SMILES string of the molecule is Br.O=C(CBr)c1ccccc1.O=C(CSCCCS)c1ccccc1.SCCCS. The number of thioether (sulfide) groups is 1. The molecule has 0 radical (unpaired) electrons. The second-order valence-electron chi connectivity index (χ2n) is 5.64. The summed E-state index contributed by atoms with van der Waals surface area (Å²) in [5.41, 5.74) is 1.57. The number of halogens is 2. The highest BCUT2D eigenvalue weighted by atomic mass is 79.9. The third-order valence-corrected chi connectivity index (χ3v) is 5.81. The largest absolute Gasteiger partial charge is 0.293 e. The molecule has 0 amide bonds. The fourth-order valence-electron chi connectivity index (χ4n) is 1.81. The predicted molar refractivity (Wildman–Crippen MR) is 154 cm³/mol. The van der Waals surface area contributed by atoms with Crippen molar-refractivity contribution in [3.8, 4) is 0 Å². The van der Waals surface area contributed by atoms with Crippen molar-refractivity contribution in [2.24, 2.45) is 0 Å². The summed E-state index contributed by atoms with van der Waals surface area (Å²) in [5, 5.41) is 0.400. The van der Waals surface area contributed by atoms with E-state index < -0.39 is 0 Å². The Morgan fingerprint density at radius 2 is 1.17 bits per heavy atom. The monoisotopic (exact) mass is 612 g/mol. The van der Waals surface area contributed by atoms with Gasteiger partial charge in [0.05, 0.1) is 11.1 Å². The van der Waals surface area contributed by atoms with Crippen molar-refractivity contribution >= 4 is 94.1 Å². The summed E-state index contributed by atoms with van der Waals surface area (Å²) in [4.78, 5) is 22.5. The van der Waals surface area contributed by atoms with E-state index in [0.717, 1.165) is 47.0 Å². The number of hydrogen-bond acceptors (Lipinski definition) is 6. The number of Topliss-reactive ketones (excluding diaryl/α,β-unsaturated/α-hetero) is 2. The molecule has 0 heterocycles. The zero-order valence-electron chi connectivity index (χ0n) is 16.8. The summed E-state index contributed by atoms with van der Waals surface area (Å²) >= 11 is 16.8.